The average Bonchev–Trinajstić information content (AvgIpc) is 3.39. The van der Waals surface area contributed by atoms with Crippen molar-refractivity contribution < 1.29 is 24.3 Å². The Morgan fingerprint density at radius 3 is 2.24 bits per heavy atom. The molecule has 0 fully saturated rings. The molecule has 0 aliphatic carbocycles. The van der Waals surface area contributed by atoms with Crippen molar-refractivity contribution in [2.75, 3.05) is 12.0 Å². The monoisotopic (exact) mass is 595 g/mol. The van der Waals surface area contributed by atoms with Crippen LogP contribution in [0.3, 0.4) is 0 Å². The fraction of sp³-hybridized carbons (Fsp3) is 0.419. The third-order valence-corrected chi connectivity index (χ3v) is 8.03. The van der Waals surface area contributed by atoms with Gasteiger partial charge in [-0.2, -0.15) is 11.8 Å². The normalized spacial score (nSPS) is 14.8. The maximum atomic E-state index is 13.8. The third kappa shape index (κ3) is 9.09. The fourth-order valence-electron chi connectivity index (χ4n) is 4.68. The summed E-state index contributed by atoms with van der Waals surface area (Å²) in [5, 5.41) is 18.7. The fourth-order valence-corrected chi connectivity index (χ4v) is 5.15. The number of benzene rings is 2. The van der Waals surface area contributed by atoms with Crippen molar-refractivity contribution in [3.63, 3.8) is 0 Å². The molecule has 7 N–H and O–H groups in total. The zero-order chi connectivity index (χ0) is 30.6. The highest BCUT2D eigenvalue weighted by Gasteiger charge is 2.33. The quantitative estimate of drug-likeness (QED) is 0.148. The number of aromatic amines is 1. The van der Waals surface area contributed by atoms with Crippen LogP contribution in [0.15, 0.2) is 60.8 Å². The number of thioether (sulfide) groups is 1. The van der Waals surface area contributed by atoms with E-state index in [4.69, 9.17) is 5.73 Å². The van der Waals surface area contributed by atoms with Gasteiger partial charge in [-0.05, 0) is 48.0 Å². The number of fused-ring (bicyclic) bond motifs is 1. The van der Waals surface area contributed by atoms with E-state index < -0.39 is 47.9 Å². The van der Waals surface area contributed by atoms with Gasteiger partial charge in [0.2, 0.25) is 17.7 Å². The first kappa shape index (κ1) is 32.7. The van der Waals surface area contributed by atoms with Crippen molar-refractivity contribution in [2.45, 2.75) is 63.7 Å². The van der Waals surface area contributed by atoms with Crippen LogP contribution in [0.4, 0.5) is 0 Å². The van der Waals surface area contributed by atoms with E-state index in [1.807, 2.05) is 74.7 Å². The topological polar surface area (TPSA) is 166 Å². The standard InChI is InChI=1S/C31H41N5O5S/c1-4-19(2)27(30(39)34-25(31(40)41)14-15-42-3)36-29(38)26(17-21-18-33-24-13-9-8-12-22(21)24)35-28(37)23(32)16-20-10-6-5-7-11-20/h5-13,18-19,23,25-27,33H,4,14-17,32H2,1-3H3,(H,34,39)(H,35,37)(H,36,38)(H,40,41). The summed E-state index contributed by atoms with van der Waals surface area (Å²) in [7, 11) is 0. The summed E-state index contributed by atoms with van der Waals surface area (Å²) >= 11 is 1.48. The van der Waals surface area contributed by atoms with Crippen LogP contribution in [-0.2, 0) is 32.0 Å². The predicted octanol–water partition coefficient (Wildman–Crippen LogP) is 2.62. The Bertz CT molecular complexity index is 1350. The molecule has 0 spiro atoms. The van der Waals surface area contributed by atoms with Gasteiger partial charge < -0.3 is 31.8 Å². The molecule has 0 radical (unpaired) electrons. The lowest BCUT2D eigenvalue weighted by molar-refractivity contribution is -0.142. The van der Waals surface area contributed by atoms with Crippen LogP contribution in [0.1, 0.15) is 37.8 Å². The molecule has 5 unspecified atom stereocenters. The van der Waals surface area contributed by atoms with Crippen LogP contribution >= 0.6 is 11.8 Å². The van der Waals surface area contributed by atoms with E-state index in [2.05, 4.69) is 20.9 Å². The van der Waals surface area contributed by atoms with E-state index >= 15 is 0 Å². The van der Waals surface area contributed by atoms with Crippen molar-refractivity contribution in [1.82, 2.24) is 20.9 Å². The minimum Gasteiger partial charge on any atom is -0.480 e. The number of nitrogens with two attached hydrogens (primary N) is 1. The molecular formula is C31H41N5O5S. The van der Waals surface area contributed by atoms with Crippen molar-refractivity contribution >= 4 is 46.4 Å². The second kappa shape index (κ2) is 16.0. The van der Waals surface area contributed by atoms with E-state index in [9.17, 15) is 24.3 Å². The lowest BCUT2D eigenvalue weighted by Crippen LogP contribution is -2.59. The molecule has 3 rings (SSSR count). The smallest absolute Gasteiger partial charge is 0.326 e. The average molecular weight is 596 g/mol. The summed E-state index contributed by atoms with van der Waals surface area (Å²) in [6.07, 6.45) is 4.91. The molecule has 0 aliphatic rings. The number of carbonyl (C=O) groups excluding carboxylic acids is 3. The molecule has 11 heteroatoms. The lowest BCUT2D eigenvalue weighted by Gasteiger charge is -2.28. The maximum absolute atomic E-state index is 13.8. The minimum atomic E-state index is -1.14. The van der Waals surface area contributed by atoms with E-state index in [-0.39, 0.29) is 18.8 Å². The predicted molar refractivity (Wildman–Crippen MR) is 166 cm³/mol. The van der Waals surface area contributed by atoms with Crippen LogP contribution in [-0.4, -0.2) is 70.0 Å². The molecule has 0 saturated carbocycles. The summed E-state index contributed by atoms with van der Waals surface area (Å²) in [5.74, 6) is -2.51. The van der Waals surface area contributed by atoms with Gasteiger partial charge in [0.25, 0.3) is 0 Å². The number of rotatable bonds is 16. The Morgan fingerprint density at radius 2 is 1.57 bits per heavy atom. The van der Waals surface area contributed by atoms with Crippen molar-refractivity contribution in [1.29, 1.82) is 0 Å². The van der Waals surface area contributed by atoms with Crippen molar-refractivity contribution in [2.24, 2.45) is 11.7 Å². The van der Waals surface area contributed by atoms with Gasteiger partial charge in [0, 0.05) is 23.5 Å². The Balaban J connectivity index is 1.83. The second-order valence-electron chi connectivity index (χ2n) is 10.5. The molecule has 0 saturated heterocycles. The van der Waals surface area contributed by atoms with Crippen LogP contribution in [0.5, 0.6) is 0 Å². The molecule has 1 heterocycles. The number of amides is 3. The zero-order valence-electron chi connectivity index (χ0n) is 24.3. The molecule has 0 bridgehead atoms. The first-order chi connectivity index (χ1) is 20.1. The highest BCUT2D eigenvalue weighted by Crippen LogP contribution is 2.20. The van der Waals surface area contributed by atoms with E-state index in [0.29, 0.717) is 18.6 Å². The first-order valence-corrected chi connectivity index (χ1v) is 15.5. The van der Waals surface area contributed by atoms with Crippen LogP contribution in [0.2, 0.25) is 0 Å². The summed E-state index contributed by atoms with van der Waals surface area (Å²) in [6.45, 7) is 3.69. The van der Waals surface area contributed by atoms with Crippen LogP contribution in [0.25, 0.3) is 10.9 Å². The maximum Gasteiger partial charge on any atom is 0.326 e. The SMILES string of the molecule is CCC(C)C(NC(=O)C(Cc1c[nH]c2ccccc12)NC(=O)C(N)Cc1ccccc1)C(=O)NC(CCSC)C(=O)O. The Morgan fingerprint density at radius 1 is 0.905 bits per heavy atom. The highest BCUT2D eigenvalue weighted by atomic mass is 32.2. The largest absolute Gasteiger partial charge is 0.480 e. The van der Waals surface area contributed by atoms with Gasteiger partial charge in [-0.15, -0.1) is 0 Å². The van der Waals surface area contributed by atoms with Gasteiger partial charge in [-0.1, -0.05) is 68.8 Å². The highest BCUT2D eigenvalue weighted by molar-refractivity contribution is 7.98. The molecule has 226 valence electrons. The van der Waals surface area contributed by atoms with E-state index in [1.165, 1.54) is 11.8 Å². The molecule has 1 aromatic heterocycles. The number of aliphatic carboxylic acids is 1. The molecular weight excluding hydrogens is 554 g/mol. The van der Waals surface area contributed by atoms with Gasteiger partial charge in [-0.3, -0.25) is 14.4 Å². The number of hydrogen-bond donors (Lipinski definition) is 6. The Labute approximate surface area is 250 Å². The van der Waals surface area contributed by atoms with Gasteiger partial charge >= 0.3 is 5.97 Å². The van der Waals surface area contributed by atoms with Gasteiger partial charge in [0.1, 0.15) is 18.1 Å². The van der Waals surface area contributed by atoms with Crippen molar-refractivity contribution in [3.05, 3.63) is 71.9 Å². The molecule has 0 aliphatic heterocycles. The number of hydrogen-bond acceptors (Lipinski definition) is 6. The van der Waals surface area contributed by atoms with Gasteiger partial charge in [0.05, 0.1) is 6.04 Å². The number of nitrogens with one attached hydrogen (secondary N) is 4. The van der Waals surface area contributed by atoms with E-state index in [0.717, 1.165) is 22.0 Å². The number of H-pyrrole nitrogens is 1. The van der Waals surface area contributed by atoms with Crippen LogP contribution < -0.4 is 21.7 Å². The molecule has 10 nitrogen and oxygen atoms in total. The number of carboxylic acids is 1. The molecule has 3 aromatic rings. The number of carboxylic acid groups (broad SMARTS) is 1. The summed E-state index contributed by atoms with van der Waals surface area (Å²) in [4.78, 5) is 55.2. The number of carbonyl (C=O) groups is 4. The van der Waals surface area contributed by atoms with E-state index in [1.54, 1.807) is 6.20 Å². The molecule has 42 heavy (non-hydrogen) atoms. The summed E-state index contributed by atoms with van der Waals surface area (Å²) in [6, 6.07) is 13.0. The first-order valence-electron chi connectivity index (χ1n) is 14.1. The van der Waals surface area contributed by atoms with Crippen molar-refractivity contribution in [3.8, 4) is 0 Å². The molecule has 2 aromatic carbocycles. The van der Waals surface area contributed by atoms with Gasteiger partial charge in [-0.25, -0.2) is 4.79 Å². The number of para-hydroxylation sites is 1. The van der Waals surface area contributed by atoms with Crippen LogP contribution in [0, 0.1) is 5.92 Å². The minimum absolute atomic E-state index is 0.153. The summed E-state index contributed by atoms with van der Waals surface area (Å²) in [5.41, 5.74) is 8.83. The lowest BCUT2D eigenvalue weighted by atomic mass is 9.96. The third-order valence-electron chi connectivity index (χ3n) is 7.39. The second-order valence-corrected chi connectivity index (χ2v) is 11.5. The molecule has 3 amide bonds. The number of aromatic nitrogens is 1. The Hall–Kier alpha value is -3.83. The zero-order valence-corrected chi connectivity index (χ0v) is 25.1. The summed E-state index contributed by atoms with van der Waals surface area (Å²) < 4.78 is 0. The Kier molecular flexibility index (Phi) is 12.4. The van der Waals surface area contributed by atoms with Gasteiger partial charge in [0.15, 0.2) is 0 Å². The molecule has 5 atom stereocenters.